The molecule has 5 rings (SSSR count). The van der Waals surface area contributed by atoms with Gasteiger partial charge in [-0.1, -0.05) is 0 Å². The van der Waals surface area contributed by atoms with Gasteiger partial charge in [0.1, 0.15) is 17.2 Å². The highest BCUT2D eigenvalue weighted by Gasteiger charge is 2.44. The lowest BCUT2D eigenvalue weighted by Gasteiger charge is -2.41. The first-order chi connectivity index (χ1) is 13.1. The van der Waals surface area contributed by atoms with Gasteiger partial charge in [0.25, 0.3) is 0 Å². The van der Waals surface area contributed by atoms with E-state index in [-0.39, 0.29) is 5.41 Å². The number of piperidine rings is 1. The van der Waals surface area contributed by atoms with Gasteiger partial charge in [0.2, 0.25) is 0 Å². The second-order valence-corrected chi connectivity index (χ2v) is 8.22. The Kier molecular flexibility index (Phi) is 3.71. The van der Waals surface area contributed by atoms with E-state index in [9.17, 15) is 9.90 Å². The van der Waals surface area contributed by atoms with Crippen molar-refractivity contribution < 1.29 is 9.90 Å². The lowest BCUT2D eigenvalue weighted by atomic mass is 9.77. The molecule has 0 bridgehead atoms. The normalized spacial score (nSPS) is 23.5. The third-order valence-corrected chi connectivity index (χ3v) is 6.50. The maximum Gasteiger partial charge on any atom is 0.339 e. The summed E-state index contributed by atoms with van der Waals surface area (Å²) < 4.78 is 0. The molecule has 1 atom stereocenters. The van der Waals surface area contributed by atoms with Crippen LogP contribution < -0.4 is 4.90 Å². The molecule has 0 aromatic carbocycles. The average Bonchev–Trinajstić information content (AvgIpc) is 3.26. The molecule has 3 heterocycles. The lowest BCUT2D eigenvalue weighted by Crippen LogP contribution is -2.46. The van der Waals surface area contributed by atoms with Crippen LogP contribution in [0.4, 0.5) is 5.82 Å². The molecule has 6 heteroatoms. The third-order valence-electron chi connectivity index (χ3n) is 6.50. The fourth-order valence-electron chi connectivity index (χ4n) is 5.20. The van der Waals surface area contributed by atoms with Crippen LogP contribution in [0.3, 0.4) is 0 Å². The Hall–Kier alpha value is -2.50. The Morgan fingerprint density at radius 1 is 1.15 bits per heavy atom. The van der Waals surface area contributed by atoms with Crippen LogP contribution in [0.5, 0.6) is 0 Å². The quantitative estimate of drug-likeness (QED) is 0.883. The van der Waals surface area contributed by atoms with Gasteiger partial charge < -0.3 is 10.0 Å². The molecule has 140 valence electrons. The highest BCUT2D eigenvalue weighted by molar-refractivity contribution is 5.93. The zero-order chi connectivity index (χ0) is 18.6. The zero-order valence-electron chi connectivity index (χ0n) is 15.7. The van der Waals surface area contributed by atoms with Crippen molar-refractivity contribution in [2.75, 3.05) is 18.0 Å². The van der Waals surface area contributed by atoms with E-state index in [4.69, 9.17) is 9.97 Å². The van der Waals surface area contributed by atoms with Crippen LogP contribution >= 0.6 is 0 Å². The largest absolute Gasteiger partial charge is 0.478 e. The maximum atomic E-state index is 11.9. The number of aromatic carboxylic acids is 1. The lowest BCUT2D eigenvalue weighted by molar-refractivity contribution is 0.0696. The summed E-state index contributed by atoms with van der Waals surface area (Å²) in [5.74, 6) is 0.590. The van der Waals surface area contributed by atoms with Gasteiger partial charge in [-0.25, -0.2) is 19.7 Å². The van der Waals surface area contributed by atoms with Crippen LogP contribution in [0.1, 0.15) is 64.4 Å². The molecule has 1 N–H and O–H groups in total. The molecule has 1 spiro atoms. The molecular formula is C21H24N4O2. The van der Waals surface area contributed by atoms with Crippen molar-refractivity contribution in [3.05, 3.63) is 46.2 Å². The molecule has 3 aliphatic rings. The predicted octanol–water partition coefficient (Wildman–Crippen LogP) is 2.85. The first-order valence-electron chi connectivity index (χ1n) is 9.90. The Morgan fingerprint density at radius 2 is 2.04 bits per heavy atom. The summed E-state index contributed by atoms with van der Waals surface area (Å²) in [5, 5.41) is 9.79. The summed E-state index contributed by atoms with van der Waals surface area (Å²) >= 11 is 0. The van der Waals surface area contributed by atoms with E-state index in [1.807, 2.05) is 19.2 Å². The van der Waals surface area contributed by atoms with Crippen LogP contribution in [0.25, 0.3) is 0 Å². The van der Waals surface area contributed by atoms with Crippen molar-refractivity contribution in [2.24, 2.45) is 0 Å². The summed E-state index contributed by atoms with van der Waals surface area (Å²) in [7, 11) is 0. The van der Waals surface area contributed by atoms with Crippen molar-refractivity contribution in [2.45, 2.75) is 57.3 Å². The summed E-state index contributed by atoms with van der Waals surface area (Å²) in [6.07, 6.45) is 9.13. The maximum absolute atomic E-state index is 11.9. The van der Waals surface area contributed by atoms with Gasteiger partial charge in [-0.15, -0.1) is 0 Å². The van der Waals surface area contributed by atoms with E-state index in [0.717, 1.165) is 75.1 Å². The molecular weight excluding hydrogens is 340 g/mol. The number of aryl methyl sites for hydroxylation is 4. The molecule has 1 unspecified atom stereocenters. The fourth-order valence-corrected chi connectivity index (χ4v) is 5.20. The monoisotopic (exact) mass is 364 g/mol. The van der Waals surface area contributed by atoms with E-state index < -0.39 is 5.97 Å². The first kappa shape index (κ1) is 16.7. The van der Waals surface area contributed by atoms with Gasteiger partial charge in [0.05, 0.1) is 5.69 Å². The number of pyridine rings is 1. The molecule has 2 aliphatic carbocycles. The van der Waals surface area contributed by atoms with Gasteiger partial charge in [-0.3, -0.25) is 0 Å². The van der Waals surface area contributed by atoms with Gasteiger partial charge >= 0.3 is 5.97 Å². The minimum absolute atomic E-state index is 0.00223. The van der Waals surface area contributed by atoms with Gasteiger partial charge in [0, 0.05) is 30.4 Å². The van der Waals surface area contributed by atoms with Crippen LogP contribution in [0, 0.1) is 6.92 Å². The number of carboxylic acids is 1. The highest BCUT2D eigenvalue weighted by atomic mass is 16.4. The Morgan fingerprint density at radius 3 is 2.89 bits per heavy atom. The molecule has 2 aromatic rings. The molecule has 6 nitrogen and oxygen atoms in total. The van der Waals surface area contributed by atoms with E-state index in [1.54, 1.807) is 0 Å². The van der Waals surface area contributed by atoms with Crippen molar-refractivity contribution in [1.82, 2.24) is 15.0 Å². The van der Waals surface area contributed by atoms with Gasteiger partial charge in [-0.2, -0.15) is 0 Å². The Labute approximate surface area is 158 Å². The molecule has 1 saturated heterocycles. The minimum atomic E-state index is -0.878. The SMILES string of the molecule is Cc1ncc2c(n1)C1(CCCN(c3nc4c(cc3C(=O)O)CCC4)C1)CC2. The number of nitrogens with zero attached hydrogens (tertiary/aromatic N) is 4. The number of anilines is 1. The summed E-state index contributed by atoms with van der Waals surface area (Å²) in [6, 6.07) is 1.86. The second-order valence-electron chi connectivity index (χ2n) is 8.22. The van der Waals surface area contributed by atoms with E-state index in [2.05, 4.69) is 9.88 Å². The number of carbonyl (C=O) groups is 1. The van der Waals surface area contributed by atoms with Crippen molar-refractivity contribution in [1.29, 1.82) is 0 Å². The van der Waals surface area contributed by atoms with Crippen LogP contribution in [0.15, 0.2) is 12.3 Å². The van der Waals surface area contributed by atoms with Crippen LogP contribution in [0.2, 0.25) is 0 Å². The topological polar surface area (TPSA) is 79.2 Å². The fraction of sp³-hybridized carbons (Fsp3) is 0.524. The zero-order valence-corrected chi connectivity index (χ0v) is 15.7. The average molecular weight is 364 g/mol. The Bertz CT molecular complexity index is 938. The predicted molar refractivity (Wildman–Crippen MR) is 101 cm³/mol. The molecule has 27 heavy (non-hydrogen) atoms. The summed E-state index contributed by atoms with van der Waals surface area (Å²) in [4.78, 5) is 28.1. The molecule has 0 saturated carbocycles. The number of hydrogen-bond acceptors (Lipinski definition) is 5. The number of fused-ring (bicyclic) bond motifs is 3. The number of rotatable bonds is 2. The van der Waals surface area contributed by atoms with E-state index in [0.29, 0.717) is 11.4 Å². The standard InChI is InChI=1S/C21H24N4O2/c1-13-22-11-15-6-8-21(18(15)23-13)7-3-9-25(12-21)19-16(20(26)27)10-14-4-2-5-17(14)24-19/h10-11H,2-9,12H2,1H3,(H,26,27). The summed E-state index contributed by atoms with van der Waals surface area (Å²) in [6.45, 7) is 3.59. The minimum Gasteiger partial charge on any atom is -0.478 e. The number of aromatic nitrogens is 3. The molecule has 1 fully saturated rings. The molecule has 0 amide bonds. The molecule has 1 aliphatic heterocycles. The highest BCUT2D eigenvalue weighted by Crippen LogP contribution is 2.45. The van der Waals surface area contributed by atoms with Crippen LogP contribution in [-0.4, -0.2) is 39.1 Å². The first-order valence-corrected chi connectivity index (χ1v) is 9.90. The Balaban J connectivity index is 1.55. The van der Waals surface area contributed by atoms with E-state index in [1.165, 1.54) is 11.3 Å². The molecule has 0 radical (unpaired) electrons. The second kappa shape index (κ2) is 6.01. The smallest absolute Gasteiger partial charge is 0.339 e. The third kappa shape index (κ3) is 2.61. The number of hydrogen-bond donors (Lipinski definition) is 1. The van der Waals surface area contributed by atoms with Crippen molar-refractivity contribution in [3.8, 4) is 0 Å². The summed E-state index contributed by atoms with van der Waals surface area (Å²) in [5.41, 5.74) is 4.97. The van der Waals surface area contributed by atoms with E-state index >= 15 is 0 Å². The van der Waals surface area contributed by atoms with Gasteiger partial charge in [0.15, 0.2) is 0 Å². The van der Waals surface area contributed by atoms with Crippen molar-refractivity contribution >= 4 is 11.8 Å². The van der Waals surface area contributed by atoms with Crippen LogP contribution in [-0.2, 0) is 24.7 Å². The van der Waals surface area contributed by atoms with Crippen molar-refractivity contribution in [3.63, 3.8) is 0 Å². The van der Waals surface area contributed by atoms with Gasteiger partial charge in [-0.05, 0) is 69.1 Å². The number of carboxylic acid groups (broad SMARTS) is 1. The molecule has 2 aromatic heterocycles.